The Bertz CT molecular complexity index is 848. The first-order valence-electron chi connectivity index (χ1n) is 8.87. The number of aliphatic carboxylic acids is 1. The van der Waals surface area contributed by atoms with Crippen LogP contribution in [-0.2, 0) is 4.79 Å². The number of rotatable bonds is 7. The molecule has 0 aliphatic carbocycles. The highest BCUT2D eigenvalue weighted by molar-refractivity contribution is 5.95. The third-order valence-electron chi connectivity index (χ3n) is 4.33. The number of carbonyl (C=O) groups is 2. The molecule has 1 atom stereocenters. The quantitative estimate of drug-likeness (QED) is 0.758. The summed E-state index contributed by atoms with van der Waals surface area (Å²) in [4.78, 5) is 23.8. The molecule has 3 rings (SSSR count). The fraction of sp³-hybridized carbons (Fsp3) is 0.444. The van der Waals surface area contributed by atoms with E-state index in [0.29, 0.717) is 48.9 Å². The molecule has 0 saturated heterocycles. The number of carboxylic acids is 1. The Balaban J connectivity index is 1.80. The van der Waals surface area contributed by atoms with Crippen molar-refractivity contribution in [2.45, 2.75) is 39.2 Å². The van der Waals surface area contributed by atoms with Gasteiger partial charge in [-0.3, -0.25) is 4.79 Å². The number of hydrogen-bond donors (Lipinski definition) is 2. The number of unbranched alkanes of at least 4 members (excludes halogenated alkanes) is 1. The summed E-state index contributed by atoms with van der Waals surface area (Å²) < 4.78 is 12.6. The van der Waals surface area contributed by atoms with Gasteiger partial charge in [-0.05, 0) is 25.5 Å². The highest BCUT2D eigenvalue weighted by Gasteiger charge is 2.24. The molecule has 1 aromatic carbocycles. The first-order valence-corrected chi connectivity index (χ1v) is 8.87. The van der Waals surface area contributed by atoms with Gasteiger partial charge in [-0.15, -0.1) is 5.10 Å². The van der Waals surface area contributed by atoms with Crippen LogP contribution < -0.4 is 14.8 Å². The van der Waals surface area contributed by atoms with Gasteiger partial charge in [-0.25, -0.2) is 9.48 Å². The van der Waals surface area contributed by atoms with Crippen molar-refractivity contribution < 1.29 is 24.2 Å². The second-order valence-corrected chi connectivity index (χ2v) is 6.27. The molecular weight excluding hydrogens is 352 g/mol. The SMILES string of the molecule is CCCC[C@H](NC(=O)c1nnn(-c2ccc3c(c2)OCCO3)c1C)C(=O)O. The number of nitrogens with zero attached hydrogens (tertiary/aromatic N) is 3. The molecule has 1 aliphatic rings. The highest BCUT2D eigenvalue weighted by atomic mass is 16.6. The average molecular weight is 374 g/mol. The summed E-state index contributed by atoms with van der Waals surface area (Å²) in [6.45, 7) is 4.63. The van der Waals surface area contributed by atoms with Crippen LogP contribution in [0.1, 0.15) is 42.4 Å². The number of hydrogen-bond acceptors (Lipinski definition) is 6. The number of nitrogens with one attached hydrogen (secondary N) is 1. The highest BCUT2D eigenvalue weighted by Crippen LogP contribution is 2.32. The number of fused-ring (bicyclic) bond motifs is 1. The minimum atomic E-state index is -1.06. The van der Waals surface area contributed by atoms with Gasteiger partial charge in [0.1, 0.15) is 19.3 Å². The van der Waals surface area contributed by atoms with Gasteiger partial charge in [0.2, 0.25) is 0 Å². The van der Waals surface area contributed by atoms with Crippen LogP contribution in [0.4, 0.5) is 0 Å². The molecule has 0 radical (unpaired) electrons. The van der Waals surface area contributed by atoms with Crippen molar-refractivity contribution in [3.63, 3.8) is 0 Å². The zero-order chi connectivity index (χ0) is 19.4. The summed E-state index contributed by atoms with van der Waals surface area (Å²) in [6.07, 6.45) is 1.92. The maximum atomic E-state index is 12.5. The number of amides is 1. The van der Waals surface area contributed by atoms with E-state index in [2.05, 4.69) is 15.6 Å². The number of carboxylic acid groups (broad SMARTS) is 1. The minimum absolute atomic E-state index is 0.0904. The summed E-state index contributed by atoms with van der Waals surface area (Å²) in [5.41, 5.74) is 1.26. The van der Waals surface area contributed by atoms with Crippen molar-refractivity contribution in [1.82, 2.24) is 20.3 Å². The van der Waals surface area contributed by atoms with E-state index in [-0.39, 0.29) is 5.69 Å². The van der Waals surface area contributed by atoms with Gasteiger partial charge in [0.25, 0.3) is 5.91 Å². The fourth-order valence-corrected chi connectivity index (χ4v) is 2.84. The van der Waals surface area contributed by atoms with E-state index in [1.807, 2.05) is 6.92 Å². The van der Waals surface area contributed by atoms with Gasteiger partial charge in [0.15, 0.2) is 17.2 Å². The topological polar surface area (TPSA) is 116 Å². The predicted octanol–water partition coefficient (Wildman–Crippen LogP) is 1.72. The molecule has 2 heterocycles. The smallest absolute Gasteiger partial charge is 0.326 e. The first kappa shape index (κ1) is 18.7. The lowest BCUT2D eigenvalue weighted by Gasteiger charge is -2.19. The van der Waals surface area contributed by atoms with Gasteiger partial charge in [-0.1, -0.05) is 25.0 Å². The standard InChI is InChI=1S/C18H22N4O5/c1-3-4-5-13(18(24)25)19-17(23)16-11(2)22(21-20-16)12-6-7-14-15(10-12)27-9-8-26-14/h6-7,10,13H,3-5,8-9H2,1-2H3,(H,19,23)(H,24,25)/t13-/m0/s1. The molecule has 9 nitrogen and oxygen atoms in total. The van der Waals surface area contributed by atoms with Crippen LogP contribution in [0.25, 0.3) is 5.69 Å². The normalized spacial score (nSPS) is 13.9. The third-order valence-corrected chi connectivity index (χ3v) is 4.33. The van der Waals surface area contributed by atoms with E-state index in [9.17, 15) is 14.7 Å². The second kappa shape index (κ2) is 8.07. The largest absolute Gasteiger partial charge is 0.486 e. The molecule has 27 heavy (non-hydrogen) atoms. The van der Waals surface area contributed by atoms with E-state index < -0.39 is 17.9 Å². The molecule has 0 fully saturated rings. The van der Waals surface area contributed by atoms with E-state index >= 15 is 0 Å². The Morgan fingerprint density at radius 3 is 2.74 bits per heavy atom. The number of ether oxygens (including phenoxy) is 2. The zero-order valence-corrected chi connectivity index (χ0v) is 15.3. The molecule has 2 aromatic rings. The molecular formula is C18H22N4O5. The van der Waals surface area contributed by atoms with Crippen LogP contribution in [-0.4, -0.2) is 51.2 Å². The van der Waals surface area contributed by atoms with Crippen LogP contribution in [0.2, 0.25) is 0 Å². The van der Waals surface area contributed by atoms with E-state index in [1.165, 1.54) is 4.68 Å². The number of benzene rings is 1. The zero-order valence-electron chi connectivity index (χ0n) is 15.3. The molecule has 1 aromatic heterocycles. The van der Waals surface area contributed by atoms with E-state index in [0.717, 1.165) is 6.42 Å². The van der Waals surface area contributed by atoms with Gasteiger partial charge in [0.05, 0.1) is 11.4 Å². The van der Waals surface area contributed by atoms with Crippen molar-refractivity contribution in [1.29, 1.82) is 0 Å². The lowest BCUT2D eigenvalue weighted by Crippen LogP contribution is -2.41. The summed E-state index contributed by atoms with van der Waals surface area (Å²) in [5, 5.41) is 19.8. The predicted molar refractivity (Wildman–Crippen MR) is 95.5 cm³/mol. The lowest BCUT2D eigenvalue weighted by molar-refractivity contribution is -0.139. The molecule has 9 heteroatoms. The fourth-order valence-electron chi connectivity index (χ4n) is 2.84. The van der Waals surface area contributed by atoms with Gasteiger partial charge < -0.3 is 19.9 Å². The Morgan fingerprint density at radius 1 is 1.30 bits per heavy atom. The maximum absolute atomic E-state index is 12.5. The van der Waals surface area contributed by atoms with Crippen molar-refractivity contribution in [3.8, 4) is 17.2 Å². The average Bonchev–Trinajstić information content (AvgIpc) is 3.05. The molecule has 1 aliphatic heterocycles. The molecule has 0 unspecified atom stereocenters. The lowest BCUT2D eigenvalue weighted by atomic mass is 10.1. The van der Waals surface area contributed by atoms with Gasteiger partial charge in [0, 0.05) is 6.07 Å². The molecule has 0 bridgehead atoms. The van der Waals surface area contributed by atoms with Crippen LogP contribution in [0.5, 0.6) is 11.5 Å². The van der Waals surface area contributed by atoms with Crippen LogP contribution in [0.15, 0.2) is 18.2 Å². The number of aromatic nitrogens is 3. The Hall–Kier alpha value is -3.10. The monoisotopic (exact) mass is 374 g/mol. The van der Waals surface area contributed by atoms with E-state index in [1.54, 1.807) is 25.1 Å². The third kappa shape index (κ3) is 4.02. The minimum Gasteiger partial charge on any atom is -0.486 e. The molecule has 1 amide bonds. The molecule has 2 N–H and O–H groups in total. The summed E-state index contributed by atoms with van der Waals surface area (Å²) in [7, 11) is 0. The van der Waals surface area contributed by atoms with Gasteiger partial charge in [-0.2, -0.15) is 0 Å². The molecule has 0 saturated carbocycles. The van der Waals surface area contributed by atoms with Crippen molar-refractivity contribution >= 4 is 11.9 Å². The summed E-state index contributed by atoms with van der Waals surface area (Å²) in [6, 6.07) is 4.38. The van der Waals surface area contributed by atoms with Crippen molar-refractivity contribution in [2.24, 2.45) is 0 Å². The Morgan fingerprint density at radius 2 is 2.04 bits per heavy atom. The number of carbonyl (C=O) groups excluding carboxylic acids is 1. The Kier molecular flexibility index (Phi) is 5.58. The van der Waals surface area contributed by atoms with Crippen LogP contribution in [0, 0.1) is 6.92 Å². The maximum Gasteiger partial charge on any atom is 0.326 e. The molecule has 0 spiro atoms. The molecule has 144 valence electrons. The summed E-state index contributed by atoms with van der Waals surface area (Å²) >= 11 is 0. The van der Waals surface area contributed by atoms with Gasteiger partial charge >= 0.3 is 5.97 Å². The summed E-state index contributed by atoms with van der Waals surface area (Å²) in [5.74, 6) is -0.361. The van der Waals surface area contributed by atoms with Crippen LogP contribution >= 0.6 is 0 Å². The first-order chi connectivity index (χ1) is 13.0. The van der Waals surface area contributed by atoms with Crippen molar-refractivity contribution in [2.75, 3.05) is 13.2 Å². The van der Waals surface area contributed by atoms with E-state index in [4.69, 9.17) is 9.47 Å². The van der Waals surface area contributed by atoms with Crippen LogP contribution in [0.3, 0.4) is 0 Å². The van der Waals surface area contributed by atoms with Crippen molar-refractivity contribution in [3.05, 3.63) is 29.6 Å². The second-order valence-electron chi connectivity index (χ2n) is 6.27. The Labute approximate surface area is 156 Å².